The van der Waals surface area contributed by atoms with Crippen molar-refractivity contribution in [1.82, 2.24) is 23.8 Å². The third-order valence-electron chi connectivity index (χ3n) is 5.93. The highest BCUT2D eigenvalue weighted by atomic mass is 16.2. The summed E-state index contributed by atoms with van der Waals surface area (Å²) in [5.41, 5.74) is 4.71. The average molecular weight is 469 g/mol. The van der Waals surface area contributed by atoms with Crippen LogP contribution in [0.25, 0.3) is 22.4 Å². The number of carbonyl (C=O) groups excluding carboxylic acids is 2. The lowest BCUT2D eigenvalue weighted by atomic mass is 10.0. The largest absolute Gasteiger partial charge is 0.350 e. The van der Waals surface area contributed by atoms with Gasteiger partial charge >= 0.3 is 5.69 Å². The van der Waals surface area contributed by atoms with Crippen molar-refractivity contribution in [2.75, 3.05) is 5.32 Å². The molecule has 0 aliphatic carbocycles. The van der Waals surface area contributed by atoms with E-state index in [2.05, 4.69) is 41.5 Å². The van der Waals surface area contributed by atoms with E-state index in [0.29, 0.717) is 28.3 Å². The van der Waals surface area contributed by atoms with Gasteiger partial charge in [0.15, 0.2) is 11.4 Å². The molecule has 2 aromatic carbocycles. The number of nitrogens with zero attached hydrogens (tertiary/aromatic N) is 5. The lowest BCUT2D eigenvalue weighted by molar-refractivity contribution is -0.117. The van der Waals surface area contributed by atoms with Gasteiger partial charge < -0.3 is 5.32 Å². The minimum Gasteiger partial charge on any atom is -0.324 e. The summed E-state index contributed by atoms with van der Waals surface area (Å²) >= 11 is 0. The van der Waals surface area contributed by atoms with Crippen molar-refractivity contribution in [3.63, 3.8) is 0 Å². The zero-order valence-corrected chi connectivity index (χ0v) is 19.6. The fraction of sp³-hybridized carbons (Fsp3) is 0.192. The van der Waals surface area contributed by atoms with Gasteiger partial charge in [0.05, 0.1) is 5.69 Å². The van der Waals surface area contributed by atoms with Crippen LogP contribution < -0.4 is 11.0 Å². The first kappa shape index (κ1) is 22.3. The molecule has 176 valence electrons. The Morgan fingerprint density at radius 3 is 2.34 bits per heavy atom. The Bertz CT molecular complexity index is 1620. The molecule has 0 radical (unpaired) electrons. The van der Waals surface area contributed by atoms with E-state index >= 15 is 0 Å². The highest BCUT2D eigenvalue weighted by Crippen LogP contribution is 2.24. The van der Waals surface area contributed by atoms with Gasteiger partial charge in [-0.15, -0.1) is 5.10 Å². The highest BCUT2D eigenvalue weighted by molar-refractivity contribution is 5.95. The molecule has 5 aromatic rings. The number of benzene rings is 2. The number of hydrogen-bond acceptors (Lipinski definition) is 5. The molecule has 0 spiro atoms. The number of fused-ring (bicyclic) bond motifs is 3. The van der Waals surface area contributed by atoms with Crippen LogP contribution in [0.1, 0.15) is 42.6 Å². The second kappa shape index (κ2) is 8.68. The van der Waals surface area contributed by atoms with E-state index in [9.17, 15) is 14.4 Å². The van der Waals surface area contributed by atoms with E-state index < -0.39 is 11.6 Å². The molecule has 3 heterocycles. The number of ketones is 1. The van der Waals surface area contributed by atoms with Crippen molar-refractivity contribution in [1.29, 1.82) is 0 Å². The van der Waals surface area contributed by atoms with Crippen LogP contribution in [0.15, 0.2) is 71.8 Å². The van der Waals surface area contributed by atoms with Crippen LogP contribution >= 0.6 is 0 Å². The fourth-order valence-corrected chi connectivity index (χ4v) is 3.94. The van der Waals surface area contributed by atoms with E-state index in [0.717, 1.165) is 15.9 Å². The zero-order valence-electron chi connectivity index (χ0n) is 19.6. The van der Waals surface area contributed by atoms with E-state index in [1.54, 1.807) is 41.2 Å². The Hall–Kier alpha value is -4.53. The number of aromatic nitrogens is 5. The van der Waals surface area contributed by atoms with Crippen molar-refractivity contribution >= 4 is 28.5 Å². The number of anilines is 1. The van der Waals surface area contributed by atoms with E-state index in [1.807, 2.05) is 18.2 Å². The number of nitrogens with one attached hydrogen (secondary N) is 1. The van der Waals surface area contributed by atoms with Gasteiger partial charge in [0.1, 0.15) is 12.1 Å². The fourth-order valence-electron chi connectivity index (χ4n) is 3.94. The predicted octanol–water partition coefficient (Wildman–Crippen LogP) is 3.78. The lowest BCUT2D eigenvalue weighted by Gasteiger charge is -2.05. The molecular formula is C26H24N6O3. The molecule has 0 unspecified atom stereocenters. The monoisotopic (exact) mass is 468 g/mol. The summed E-state index contributed by atoms with van der Waals surface area (Å²) in [6.07, 6.45) is 3.28. The van der Waals surface area contributed by atoms with Gasteiger partial charge in [-0.25, -0.2) is 18.4 Å². The van der Waals surface area contributed by atoms with Crippen LogP contribution in [0.3, 0.4) is 0 Å². The second-order valence-corrected chi connectivity index (χ2v) is 8.75. The van der Waals surface area contributed by atoms with E-state index in [4.69, 9.17) is 0 Å². The average Bonchev–Trinajstić information content (AvgIpc) is 3.41. The maximum Gasteiger partial charge on any atom is 0.350 e. The summed E-state index contributed by atoms with van der Waals surface area (Å²) in [6.45, 7) is 5.52. The quantitative estimate of drug-likeness (QED) is 0.382. The number of rotatable bonds is 6. The molecule has 9 heteroatoms. The second-order valence-electron chi connectivity index (χ2n) is 8.75. The molecule has 0 aliphatic rings. The standard InChI is InChI=1S/C26H24N6O3/c1-16(2)18-4-6-20(7-5-18)22-14-23-25-29-32(26(35)30(25)12-13-31(23)28-22)15-24(34)27-21-10-8-19(9-11-21)17(3)33/h4-14,16H,15H2,1-3H3,(H,27,34). The van der Waals surface area contributed by atoms with Gasteiger partial charge in [-0.05, 0) is 48.7 Å². The van der Waals surface area contributed by atoms with Gasteiger partial charge in [0.25, 0.3) is 0 Å². The molecule has 9 nitrogen and oxygen atoms in total. The first-order valence-electron chi connectivity index (χ1n) is 11.3. The molecule has 0 atom stereocenters. The zero-order chi connectivity index (χ0) is 24.7. The number of amides is 1. The summed E-state index contributed by atoms with van der Waals surface area (Å²) in [5.74, 6) is -0.0136. The van der Waals surface area contributed by atoms with Crippen molar-refractivity contribution in [3.8, 4) is 11.3 Å². The minimum absolute atomic E-state index is 0.0546. The molecule has 1 N–H and O–H groups in total. The predicted molar refractivity (Wildman–Crippen MR) is 133 cm³/mol. The molecule has 0 saturated heterocycles. The van der Waals surface area contributed by atoms with Gasteiger partial charge in [0, 0.05) is 29.2 Å². The SMILES string of the molecule is CC(=O)c1ccc(NC(=O)Cn2nc3c4cc(-c5ccc(C(C)C)cc5)nn4ccn3c2=O)cc1. The molecule has 3 aromatic heterocycles. The number of hydrogen-bond donors (Lipinski definition) is 1. The molecule has 0 bridgehead atoms. The van der Waals surface area contributed by atoms with Crippen molar-refractivity contribution in [2.24, 2.45) is 0 Å². The van der Waals surface area contributed by atoms with Crippen molar-refractivity contribution < 1.29 is 9.59 Å². The van der Waals surface area contributed by atoms with Gasteiger partial charge in [-0.2, -0.15) is 5.10 Å². The van der Waals surface area contributed by atoms with Gasteiger partial charge in [-0.1, -0.05) is 38.1 Å². The molecule has 1 amide bonds. The smallest absolute Gasteiger partial charge is 0.324 e. The van der Waals surface area contributed by atoms with Crippen LogP contribution in [0, 0.1) is 0 Å². The lowest BCUT2D eigenvalue weighted by Crippen LogP contribution is -2.28. The summed E-state index contributed by atoms with van der Waals surface area (Å²) in [6, 6.07) is 16.7. The maximum absolute atomic E-state index is 12.9. The van der Waals surface area contributed by atoms with Gasteiger partial charge in [0.2, 0.25) is 5.91 Å². The summed E-state index contributed by atoms with van der Waals surface area (Å²) in [5, 5.41) is 11.8. The Morgan fingerprint density at radius 1 is 0.971 bits per heavy atom. The minimum atomic E-state index is -0.423. The van der Waals surface area contributed by atoms with Crippen LogP contribution in [0.5, 0.6) is 0 Å². The third-order valence-corrected chi connectivity index (χ3v) is 5.93. The molecule has 35 heavy (non-hydrogen) atoms. The van der Waals surface area contributed by atoms with Crippen LogP contribution in [-0.2, 0) is 11.3 Å². The van der Waals surface area contributed by atoms with E-state index in [1.165, 1.54) is 16.9 Å². The number of Topliss-reactive ketones (excluding diaryl/α,β-unsaturated/α-hetero) is 1. The maximum atomic E-state index is 12.9. The van der Waals surface area contributed by atoms with Crippen LogP contribution in [-0.4, -0.2) is 35.5 Å². The molecule has 0 fully saturated rings. The van der Waals surface area contributed by atoms with Crippen LogP contribution in [0.2, 0.25) is 0 Å². The molecule has 5 rings (SSSR count). The Kier molecular flexibility index (Phi) is 5.52. The van der Waals surface area contributed by atoms with Crippen molar-refractivity contribution in [3.05, 3.63) is 88.6 Å². The normalized spacial score (nSPS) is 11.4. The Balaban J connectivity index is 1.42. The third kappa shape index (κ3) is 4.23. The molecule has 0 aliphatic heterocycles. The summed E-state index contributed by atoms with van der Waals surface area (Å²) in [7, 11) is 0. The summed E-state index contributed by atoms with van der Waals surface area (Å²) < 4.78 is 4.20. The topological polar surface area (TPSA) is 103 Å². The first-order chi connectivity index (χ1) is 16.8. The van der Waals surface area contributed by atoms with Crippen LogP contribution in [0.4, 0.5) is 5.69 Å². The molecular weight excluding hydrogens is 444 g/mol. The Labute approximate surface area is 200 Å². The Morgan fingerprint density at radius 2 is 1.69 bits per heavy atom. The number of carbonyl (C=O) groups is 2. The highest BCUT2D eigenvalue weighted by Gasteiger charge is 2.16. The van der Waals surface area contributed by atoms with E-state index in [-0.39, 0.29) is 12.3 Å². The summed E-state index contributed by atoms with van der Waals surface area (Å²) in [4.78, 5) is 36.8. The first-order valence-corrected chi connectivity index (χ1v) is 11.3. The van der Waals surface area contributed by atoms with Gasteiger partial charge in [-0.3, -0.25) is 9.59 Å². The van der Waals surface area contributed by atoms with Crippen molar-refractivity contribution in [2.45, 2.75) is 33.2 Å². The molecule has 0 saturated carbocycles.